The van der Waals surface area contributed by atoms with Gasteiger partial charge in [0.2, 0.25) is 11.8 Å². The summed E-state index contributed by atoms with van der Waals surface area (Å²) in [5, 5.41) is 0. The summed E-state index contributed by atoms with van der Waals surface area (Å²) >= 11 is 0. The first-order valence-corrected chi connectivity index (χ1v) is 5.21. The highest BCUT2D eigenvalue weighted by atomic mass is 16.5. The molecule has 0 aliphatic carbocycles. The van der Waals surface area contributed by atoms with Gasteiger partial charge in [0, 0.05) is 6.04 Å². The molecule has 0 fully saturated rings. The minimum atomic E-state index is 0.203. The third kappa shape index (κ3) is 1.56. The van der Waals surface area contributed by atoms with E-state index in [9.17, 15) is 0 Å². The van der Waals surface area contributed by atoms with Crippen LogP contribution in [0.5, 0.6) is 5.88 Å². The zero-order valence-corrected chi connectivity index (χ0v) is 9.64. The maximum absolute atomic E-state index is 5.63. The zero-order valence-electron chi connectivity index (χ0n) is 9.64. The molecule has 2 N–H and O–H groups in total. The Balaban J connectivity index is 2.67. The number of aromatic nitrogens is 4. The van der Waals surface area contributed by atoms with Crippen molar-refractivity contribution in [2.24, 2.45) is 0 Å². The predicted octanol–water partition coefficient (Wildman–Crippen LogP) is 1.39. The fourth-order valence-corrected chi connectivity index (χ4v) is 1.57. The van der Waals surface area contributed by atoms with Crippen LogP contribution in [0.2, 0.25) is 0 Å². The molecule has 6 nitrogen and oxygen atoms in total. The van der Waals surface area contributed by atoms with Gasteiger partial charge in [0.05, 0.1) is 13.4 Å². The molecule has 86 valence electrons. The van der Waals surface area contributed by atoms with E-state index >= 15 is 0 Å². The number of imidazole rings is 1. The monoisotopic (exact) mass is 221 g/mol. The van der Waals surface area contributed by atoms with E-state index in [1.54, 1.807) is 13.4 Å². The maximum atomic E-state index is 5.63. The lowest BCUT2D eigenvalue weighted by Gasteiger charge is -2.10. The predicted molar refractivity (Wildman–Crippen MR) is 61.3 cm³/mol. The van der Waals surface area contributed by atoms with Gasteiger partial charge in [0.1, 0.15) is 0 Å². The molecular formula is C10H15N5O. The number of fused-ring (bicyclic) bond motifs is 1. The maximum Gasteiger partial charge on any atom is 0.246 e. The Hall–Kier alpha value is -1.85. The second-order valence-corrected chi connectivity index (χ2v) is 3.67. The SMILES string of the molecule is CCC(C)n1cnc2c(OC)nc(N)nc21. The van der Waals surface area contributed by atoms with E-state index in [-0.39, 0.29) is 5.95 Å². The Labute approximate surface area is 93.5 Å². The molecule has 0 aliphatic heterocycles. The lowest BCUT2D eigenvalue weighted by molar-refractivity contribution is 0.402. The summed E-state index contributed by atoms with van der Waals surface area (Å²) < 4.78 is 7.11. The Kier molecular flexibility index (Phi) is 2.64. The van der Waals surface area contributed by atoms with Crippen molar-refractivity contribution in [2.75, 3.05) is 12.8 Å². The number of hydrogen-bond acceptors (Lipinski definition) is 5. The quantitative estimate of drug-likeness (QED) is 0.847. The van der Waals surface area contributed by atoms with Crippen molar-refractivity contribution < 1.29 is 4.74 Å². The van der Waals surface area contributed by atoms with Crippen LogP contribution in [0.3, 0.4) is 0 Å². The molecule has 2 aromatic heterocycles. The van der Waals surface area contributed by atoms with Crippen LogP contribution >= 0.6 is 0 Å². The lowest BCUT2D eigenvalue weighted by atomic mass is 10.2. The number of nitrogens with two attached hydrogens (primary N) is 1. The van der Waals surface area contributed by atoms with Crippen LogP contribution in [0.25, 0.3) is 11.2 Å². The van der Waals surface area contributed by atoms with Gasteiger partial charge in [0.15, 0.2) is 11.2 Å². The van der Waals surface area contributed by atoms with Crippen molar-refractivity contribution in [2.45, 2.75) is 26.3 Å². The molecule has 1 unspecified atom stereocenters. The topological polar surface area (TPSA) is 78.8 Å². The fourth-order valence-electron chi connectivity index (χ4n) is 1.57. The van der Waals surface area contributed by atoms with E-state index in [2.05, 4.69) is 28.8 Å². The summed E-state index contributed by atoms with van der Waals surface area (Å²) in [4.78, 5) is 12.4. The largest absolute Gasteiger partial charge is 0.479 e. The molecular weight excluding hydrogens is 206 g/mol. The van der Waals surface area contributed by atoms with Gasteiger partial charge in [-0.1, -0.05) is 6.92 Å². The van der Waals surface area contributed by atoms with Crippen molar-refractivity contribution in [3.8, 4) is 5.88 Å². The molecule has 6 heteroatoms. The van der Waals surface area contributed by atoms with Crippen molar-refractivity contribution in [1.29, 1.82) is 0 Å². The summed E-state index contributed by atoms with van der Waals surface area (Å²) in [5.41, 5.74) is 7.00. The van der Waals surface area contributed by atoms with Gasteiger partial charge in [-0.2, -0.15) is 9.97 Å². The number of ether oxygens (including phenoxy) is 1. The molecule has 0 saturated carbocycles. The van der Waals surface area contributed by atoms with Crippen LogP contribution in [0.4, 0.5) is 5.95 Å². The summed E-state index contributed by atoms with van der Waals surface area (Å²) in [7, 11) is 1.55. The molecule has 2 heterocycles. The first kappa shape index (κ1) is 10.7. The van der Waals surface area contributed by atoms with Gasteiger partial charge in [-0.15, -0.1) is 0 Å². The third-order valence-electron chi connectivity index (χ3n) is 2.67. The minimum Gasteiger partial charge on any atom is -0.479 e. The van der Waals surface area contributed by atoms with Crippen molar-refractivity contribution in [3.05, 3.63) is 6.33 Å². The molecule has 1 atom stereocenters. The van der Waals surface area contributed by atoms with E-state index in [1.807, 2.05) is 4.57 Å². The van der Waals surface area contributed by atoms with Gasteiger partial charge in [-0.05, 0) is 13.3 Å². The Morgan fingerprint density at radius 2 is 2.25 bits per heavy atom. The van der Waals surface area contributed by atoms with Crippen molar-refractivity contribution in [1.82, 2.24) is 19.5 Å². The van der Waals surface area contributed by atoms with Gasteiger partial charge in [0.25, 0.3) is 0 Å². The summed E-state index contributed by atoms with van der Waals surface area (Å²) in [5.74, 6) is 0.624. The van der Waals surface area contributed by atoms with E-state index in [4.69, 9.17) is 10.5 Å². The standard InChI is InChI=1S/C10H15N5O/c1-4-6(2)15-5-12-7-8(15)13-10(11)14-9(7)16-3/h5-6H,4H2,1-3H3,(H2,11,13,14). The Morgan fingerprint density at radius 1 is 1.50 bits per heavy atom. The Bertz CT molecular complexity index is 507. The summed E-state index contributed by atoms with van der Waals surface area (Å²) in [6, 6.07) is 0.323. The highest BCUT2D eigenvalue weighted by molar-refractivity contribution is 5.77. The van der Waals surface area contributed by atoms with Gasteiger partial charge in [-0.3, -0.25) is 0 Å². The minimum absolute atomic E-state index is 0.203. The average Bonchev–Trinajstić information content (AvgIpc) is 2.70. The number of hydrogen-bond donors (Lipinski definition) is 1. The molecule has 0 radical (unpaired) electrons. The normalized spacial score (nSPS) is 12.9. The van der Waals surface area contributed by atoms with Crippen molar-refractivity contribution >= 4 is 17.1 Å². The molecule has 16 heavy (non-hydrogen) atoms. The molecule has 0 aliphatic rings. The number of methoxy groups -OCH3 is 1. The second kappa shape index (κ2) is 3.96. The summed E-state index contributed by atoms with van der Waals surface area (Å²) in [6.07, 6.45) is 2.74. The van der Waals surface area contributed by atoms with Crippen LogP contribution < -0.4 is 10.5 Å². The third-order valence-corrected chi connectivity index (χ3v) is 2.67. The smallest absolute Gasteiger partial charge is 0.246 e. The van der Waals surface area contributed by atoms with Crippen LogP contribution in [-0.4, -0.2) is 26.6 Å². The first-order valence-electron chi connectivity index (χ1n) is 5.21. The van der Waals surface area contributed by atoms with Crippen LogP contribution in [0.1, 0.15) is 26.3 Å². The van der Waals surface area contributed by atoms with E-state index < -0.39 is 0 Å². The van der Waals surface area contributed by atoms with Gasteiger partial charge < -0.3 is 15.0 Å². The fraction of sp³-hybridized carbons (Fsp3) is 0.500. The molecule has 2 aromatic rings. The van der Waals surface area contributed by atoms with Gasteiger partial charge in [-0.25, -0.2) is 4.98 Å². The lowest BCUT2D eigenvalue weighted by Crippen LogP contribution is -2.05. The molecule has 0 aromatic carbocycles. The number of rotatable bonds is 3. The van der Waals surface area contributed by atoms with Gasteiger partial charge >= 0.3 is 0 Å². The van der Waals surface area contributed by atoms with E-state index in [0.717, 1.165) is 12.1 Å². The molecule has 0 amide bonds. The highest BCUT2D eigenvalue weighted by Crippen LogP contribution is 2.24. The van der Waals surface area contributed by atoms with E-state index in [0.29, 0.717) is 17.4 Å². The van der Waals surface area contributed by atoms with Crippen molar-refractivity contribution in [3.63, 3.8) is 0 Å². The number of nitrogens with zero attached hydrogens (tertiary/aromatic N) is 4. The highest BCUT2D eigenvalue weighted by Gasteiger charge is 2.14. The summed E-state index contributed by atoms with van der Waals surface area (Å²) in [6.45, 7) is 4.21. The van der Waals surface area contributed by atoms with E-state index in [1.165, 1.54) is 0 Å². The van der Waals surface area contributed by atoms with Crippen LogP contribution in [0.15, 0.2) is 6.33 Å². The molecule has 0 spiro atoms. The van der Waals surface area contributed by atoms with Crippen LogP contribution in [0, 0.1) is 0 Å². The Morgan fingerprint density at radius 3 is 2.88 bits per heavy atom. The second-order valence-electron chi connectivity index (χ2n) is 3.67. The average molecular weight is 221 g/mol. The number of nitrogen functional groups attached to an aromatic ring is 1. The van der Waals surface area contributed by atoms with Crippen LogP contribution in [-0.2, 0) is 0 Å². The first-order chi connectivity index (χ1) is 7.67. The molecule has 0 saturated heterocycles. The molecule has 2 rings (SSSR count). The molecule has 0 bridgehead atoms. The zero-order chi connectivity index (χ0) is 11.7. The number of anilines is 1.